The van der Waals surface area contributed by atoms with E-state index in [1.165, 1.54) is 4.90 Å². The molecule has 128 valence electrons. The molecule has 0 radical (unpaired) electrons. The number of carboxylic acids is 1. The van der Waals surface area contributed by atoms with Gasteiger partial charge in [-0.15, -0.1) is 0 Å². The fourth-order valence-corrected chi connectivity index (χ4v) is 2.20. The van der Waals surface area contributed by atoms with E-state index >= 15 is 0 Å². The molecule has 1 saturated heterocycles. The number of hydrogen-bond donors (Lipinski definition) is 1. The molecule has 0 bridgehead atoms. The third-order valence-electron chi connectivity index (χ3n) is 3.03. The summed E-state index contributed by atoms with van der Waals surface area (Å²) in [4.78, 5) is 25.9. The Morgan fingerprint density at radius 2 is 2.04 bits per heavy atom. The van der Waals surface area contributed by atoms with Crippen LogP contribution in [0.5, 0.6) is 0 Å². The number of alkyl halides is 5. The first-order chi connectivity index (χ1) is 10.6. The molecule has 0 saturated carbocycles. The first-order valence-electron chi connectivity index (χ1n) is 6.43. The Morgan fingerprint density at radius 3 is 2.48 bits per heavy atom. The van der Waals surface area contributed by atoms with E-state index in [-0.39, 0.29) is 6.04 Å². The summed E-state index contributed by atoms with van der Waals surface area (Å²) in [6.45, 7) is 0.561. The number of hydrogen-bond acceptors (Lipinski definition) is 3. The van der Waals surface area contributed by atoms with Crippen LogP contribution in [0.3, 0.4) is 0 Å². The molecule has 2 heterocycles. The zero-order valence-corrected chi connectivity index (χ0v) is 12.4. The number of carbonyl (C=O) groups is 2. The van der Waals surface area contributed by atoms with Crippen molar-refractivity contribution in [3.05, 3.63) is 30.1 Å². The van der Waals surface area contributed by atoms with Crippen molar-refractivity contribution in [1.82, 2.24) is 9.88 Å². The lowest BCUT2D eigenvalue weighted by Gasteiger charge is -2.24. The number of pyridine rings is 1. The zero-order chi connectivity index (χ0) is 17.6. The molecule has 1 N–H and O–H groups in total. The summed E-state index contributed by atoms with van der Waals surface area (Å²) < 4.78 is 44.5. The molecule has 1 aromatic rings. The molecule has 1 aliphatic rings. The lowest BCUT2D eigenvalue weighted by molar-refractivity contribution is -0.192. The molecule has 10 heteroatoms. The molecule has 1 aliphatic heterocycles. The van der Waals surface area contributed by atoms with Crippen molar-refractivity contribution in [1.29, 1.82) is 0 Å². The van der Waals surface area contributed by atoms with Gasteiger partial charge in [0.2, 0.25) is 0 Å². The Morgan fingerprint density at radius 1 is 1.43 bits per heavy atom. The summed E-state index contributed by atoms with van der Waals surface area (Å²) in [7, 11) is 0. The average Bonchev–Trinajstić information content (AvgIpc) is 2.96. The second-order valence-corrected chi connectivity index (χ2v) is 4.96. The highest BCUT2D eigenvalue weighted by Gasteiger charge is 2.38. The van der Waals surface area contributed by atoms with Gasteiger partial charge >= 0.3 is 12.1 Å². The Balaban J connectivity index is 0.000000322. The summed E-state index contributed by atoms with van der Waals surface area (Å²) in [5, 5.41) is 7.12. The van der Waals surface area contributed by atoms with Crippen LogP contribution in [0.2, 0.25) is 0 Å². The van der Waals surface area contributed by atoms with Crippen LogP contribution in [0.15, 0.2) is 24.5 Å². The summed E-state index contributed by atoms with van der Waals surface area (Å²) in [6, 6.07) is 3.62. The van der Waals surface area contributed by atoms with Crippen molar-refractivity contribution < 1.29 is 32.3 Å². The largest absolute Gasteiger partial charge is 0.490 e. The van der Waals surface area contributed by atoms with Crippen LogP contribution in [0.25, 0.3) is 0 Å². The molecule has 2 unspecified atom stereocenters. The van der Waals surface area contributed by atoms with Gasteiger partial charge in [-0.05, 0) is 24.5 Å². The highest BCUT2D eigenvalue weighted by Crippen LogP contribution is 2.32. The van der Waals surface area contributed by atoms with Gasteiger partial charge in [-0.25, -0.2) is 9.18 Å². The molecule has 0 aliphatic carbocycles. The second kappa shape index (κ2) is 8.09. The number of aliphatic carboxylic acids is 1. The van der Waals surface area contributed by atoms with Crippen molar-refractivity contribution in [3.63, 3.8) is 0 Å². The van der Waals surface area contributed by atoms with Crippen LogP contribution >= 0.6 is 11.6 Å². The molecule has 1 aromatic heterocycles. The molecular formula is C13H13ClF4N2O3. The first-order valence-corrected chi connectivity index (χ1v) is 6.87. The lowest BCUT2D eigenvalue weighted by atomic mass is 10.1. The predicted molar refractivity (Wildman–Crippen MR) is 72.4 cm³/mol. The molecule has 5 nitrogen and oxygen atoms in total. The maximum absolute atomic E-state index is 12.8. The van der Waals surface area contributed by atoms with Crippen LogP contribution in [0.1, 0.15) is 24.4 Å². The Hall–Kier alpha value is -1.90. The van der Waals surface area contributed by atoms with Gasteiger partial charge in [0.1, 0.15) is 0 Å². The maximum Gasteiger partial charge on any atom is 0.490 e. The van der Waals surface area contributed by atoms with Gasteiger partial charge in [-0.3, -0.25) is 9.78 Å². The highest BCUT2D eigenvalue weighted by atomic mass is 35.5. The number of rotatable bonds is 2. The van der Waals surface area contributed by atoms with Gasteiger partial charge in [0.15, 0.2) is 0 Å². The van der Waals surface area contributed by atoms with Crippen molar-refractivity contribution >= 4 is 23.5 Å². The van der Waals surface area contributed by atoms with Crippen LogP contribution in [0.4, 0.5) is 17.6 Å². The van der Waals surface area contributed by atoms with Gasteiger partial charge in [0.25, 0.3) is 11.5 Å². The lowest BCUT2D eigenvalue weighted by Crippen LogP contribution is -2.34. The number of aromatic nitrogens is 1. The Bertz CT molecular complexity index is 540. The molecule has 2 atom stereocenters. The molecule has 2 rings (SSSR count). The van der Waals surface area contributed by atoms with Crippen LogP contribution in [0, 0.1) is 0 Å². The molecule has 23 heavy (non-hydrogen) atoms. The number of nitrogens with zero attached hydrogens (tertiary/aromatic N) is 2. The minimum Gasteiger partial charge on any atom is -0.475 e. The molecule has 0 spiro atoms. The van der Waals surface area contributed by atoms with Gasteiger partial charge in [0, 0.05) is 18.9 Å². The molecule has 1 amide bonds. The summed E-state index contributed by atoms with van der Waals surface area (Å²) in [6.07, 6.45) is -0.00217. The van der Waals surface area contributed by atoms with E-state index in [2.05, 4.69) is 4.98 Å². The van der Waals surface area contributed by atoms with Crippen LogP contribution < -0.4 is 0 Å². The fraction of sp³-hybridized carbons (Fsp3) is 0.462. The minimum absolute atomic E-state index is 0.0850. The minimum atomic E-state index is -5.08. The fourth-order valence-electron chi connectivity index (χ4n) is 2.08. The smallest absolute Gasteiger partial charge is 0.475 e. The van der Waals surface area contributed by atoms with E-state index in [0.717, 1.165) is 18.4 Å². The summed E-state index contributed by atoms with van der Waals surface area (Å²) >= 11 is 5.19. The molecule has 0 aromatic carbocycles. The van der Waals surface area contributed by atoms with E-state index < -0.39 is 23.7 Å². The summed E-state index contributed by atoms with van der Waals surface area (Å²) in [5.74, 6) is -3.40. The predicted octanol–water partition coefficient (Wildman–Crippen LogP) is 2.91. The molecular weight excluding hydrogens is 344 g/mol. The van der Waals surface area contributed by atoms with E-state index in [4.69, 9.17) is 21.5 Å². The number of carboxylic acid groups (broad SMARTS) is 1. The number of halogens is 5. The van der Waals surface area contributed by atoms with Crippen molar-refractivity contribution in [2.24, 2.45) is 0 Å². The monoisotopic (exact) mass is 356 g/mol. The van der Waals surface area contributed by atoms with E-state index in [1.54, 1.807) is 12.4 Å². The summed E-state index contributed by atoms with van der Waals surface area (Å²) in [5.41, 5.74) is -1.01. The van der Waals surface area contributed by atoms with Gasteiger partial charge in [-0.1, -0.05) is 17.7 Å². The topological polar surface area (TPSA) is 70.5 Å². The second-order valence-electron chi connectivity index (χ2n) is 4.58. The SMILES string of the molecule is O=C(C(F)Cl)N1CCCC1c1cccnc1.O=C(O)C(F)(F)F. The highest BCUT2D eigenvalue weighted by molar-refractivity contribution is 6.29. The number of carbonyl (C=O) groups excluding carboxylic acids is 1. The Kier molecular flexibility index (Phi) is 6.74. The Labute approximate surface area is 133 Å². The number of likely N-dealkylation sites (tertiary alicyclic amines) is 1. The quantitative estimate of drug-likeness (QED) is 0.653. The van der Waals surface area contributed by atoms with Gasteiger partial charge in [-0.2, -0.15) is 13.2 Å². The average molecular weight is 357 g/mol. The van der Waals surface area contributed by atoms with Crippen LogP contribution in [-0.2, 0) is 9.59 Å². The number of amides is 1. The van der Waals surface area contributed by atoms with Crippen molar-refractivity contribution in [3.8, 4) is 0 Å². The third kappa shape index (κ3) is 5.66. The first kappa shape index (κ1) is 19.1. The third-order valence-corrected chi connectivity index (χ3v) is 3.22. The normalized spacial score (nSPS) is 18.8. The van der Waals surface area contributed by atoms with Gasteiger partial charge < -0.3 is 10.0 Å². The zero-order valence-electron chi connectivity index (χ0n) is 11.6. The van der Waals surface area contributed by atoms with Crippen LogP contribution in [-0.4, -0.2) is 45.2 Å². The molecule has 1 fully saturated rings. The standard InChI is InChI=1S/C11H12ClFN2O.C2HF3O2/c12-10(13)11(16)15-6-2-4-9(15)8-3-1-5-14-7-8;3-2(4,5)1(6)7/h1,3,5,7,9-10H,2,4,6H2;(H,6,7). The van der Waals surface area contributed by atoms with E-state index in [9.17, 15) is 22.4 Å². The van der Waals surface area contributed by atoms with Crippen molar-refractivity contribution in [2.75, 3.05) is 6.54 Å². The maximum atomic E-state index is 12.8. The van der Waals surface area contributed by atoms with E-state index in [0.29, 0.717) is 6.54 Å². The van der Waals surface area contributed by atoms with Gasteiger partial charge in [0.05, 0.1) is 6.04 Å². The van der Waals surface area contributed by atoms with Crippen molar-refractivity contribution in [2.45, 2.75) is 30.7 Å². The van der Waals surface area contributed by atoms with E-state index in [1.807, 2.05) is 12.1 Å².